The van der Waals surface area contributed by atoms with Gasteiger partial charge in [0.05, 0.1) is 12.6 Å². The van der Waals surface area contributed by atoms with Gasteiger partial charge in [-0.1, -0.05) is 71.1 Å². The summed E-state index contributed by atoms with van der Waals surface area (Å²) in [5, 5.41) is 4.42. The Balaban J connectivity index is 1.91. The fraction of sp³-hybridized carbons (Fsp3) is 0.345. The summed E-state index contributed by atoms with van der Waals surface area (Å²) in [6.45, 7) is 1.58. The van der Waals surface area contributed by atoms with Gasteiger partial charge < -0.3 is 22.5 Å². The lowest BCUT2D eigenvalue weighted by Gasteiger charge is -2.27. The number of unbranched alkanes of at least 4 members (excludes halogenated alkanes) is 1. The highest BCUT2D eigenvalue weighted by Gasteiger charge is 2.33. The van der Waals surface area contributed by atoms with Gasteiger partial charge in [-0.25, -0.2) is 0 Å². The molecule has 0 aliphatic carbocycles. The number of carbonyl (C=O) groups excluding carboxylic acids is 3. The third kappa shape index (κ3) is 9.60. The van der Waals surface area contributed by atoms with E-state index in [9.17, 15) is 22.8 Å². The topological polar surface area (TPSA) is 203 Å². The molecule has 3 amide bonds. The molecule has 0 heterocycles. The lowest BCUT2D eigenvalue weighted by molar-refractivity contribution is -0.128. The second kappa shape index (κ2) is 15.4. The van der Waals surface area contributed by atoms with Crippen LogP contribution in [0.5, 0.6) is 0 Å². The van der Waals surface area contributed by atoms with E-state index in [2.05, 4.69) is 15.5 Å². The summed E-state index contributed by atoms with van der Waals surface area (Å²) < 4.78 is 30.7. The molecule has 0 unspecified atom stereocenters. The maximum atomic E-state index is 13.8. The molecule has 0 saturated heterocycles. The standard InChI is InChI=1S/C29H39N7O5S/c1-20(31)28(38)34-36(19-22-14-15-23-11-5-6-12-24(23)17-22)42(40,41)35-26(18-21-9-3-2-4-10-21)29(39)33-25(27(32)37)13-7-8-16-30/h2-6,9-12,14-15,17,20,25-26,35H,7-8,13,16,18-19,30-31H2,1H3,(H2,32,37)(H,33,39)(H,34,38)/t20-,25-,26+/m0/s1. The summed E-state index contributed by atoms with van der Waals surface area (Å²) in [7, 11) is -4.54. The summed E-state index contributed by atoms with van der Waals surface area (Å²) in [4.78, 5) is 38.0. The maximum absolute atomic E-state index is 13.8. The van der Waals surface area contributed by atoms with Crippen molar-refractivity contribution in [3.05, 3.63) is 83.9 Å². The van der Waals surface area contributed by atoms with Gasteiger partial charge in [-0.05, 0) is 67.1 Å². The van der Waals surface area contributed by atoms with Crippen molar-refractivity contribution in [1.82, 2.24) is 19.9 Å². The Morgan fingerprint density at radius 2 is 1.52 bits per heavy atom. The van der Waals surface area contributed by atoms with Crippen molar-refractivity contribution in [3.8, 4) is 0 Å². The minimum Gasteiger partial charge on any atom is -0.368 e. The summed E-state index contributed by atoms with van der Waals surface area (Å²) >= 11 is 0. The summed E-state index contributed by atoms with van der Waals surface area (Å²) in [5.74, 6) is -2.23. The molecule has 13 heteroatoms. The van der Waals surface area contributed by atoms with Gasteiger partial charge in [-0.15, -0.1) is 0 Å². The van der Waals surface area contributed by atoms with Gasteiger partial charge in [0.15, 0.2) is 0 Å². The number of nitrogens with two attached hydrogens (primary N) is 3. The largest absolute Gasteiger partial charge is 0.368 e. The van der Waals surface area contributed by atoms with Crippen molar-refractivity contribution in [2.24, 2.45) is 17.2 Å². The predicted octanol–water partition coefficient (Wildman–Crippen LogP) is 0.565. The van der Waals surface area contributed by atoms with Crippen LogP contribution >= 0.6 is 0 Å². The molecule has 42 heavy (non-hydrogen) atoms. The van der Waals surface area contributed by atoms with Crippen molar-refractivity contribution in [1.29, 1.82) is 0 Å². The molecule has 0 spiro atoms. The summed E-state index contributed by atoms with van der Waals surface area (Å²) in [6.07, 6.45) is 1.39. The van der Waals surface area contributed by atoms with Crippen LogP contribution in [0.2, 0.25) is 0 Å². The van der Waals surface area contributed by atoms with E-state index in [1.807, 2.05) is 36.4 Å². The Labute approximate surface area is 246 Å². The molecular formula is C29H39N7O5S. The molecule has 3 aromatic carbocycles. The van der Waals surface area contributed by atoms with Crippen molar-refractivity contribution >= 4 is 38.7 Å². The molecule has 3 rings (SSSR count). The predicted molar refractivity (Wildman–Crippen MR) is 161 cm³/mol. The number of amides is 3. The molecular weight excluding hydrogens is 558 g/mol. The van der Waals surface area contributed by atoms with E-state index in [-0.39, 0.29) is 19.4 Å². The highest BCUT2D eigenvalue weighted by molar-refractivity contribution is 7.87. The van der Waals surface area contributed by atoms with E-state index in [1.165, 1.54) is 6.92 Å². The second-order valence-electron chi connectivity index (χ2n) is 10.1. The number of rotatable bonds is 16. The van der Waals surface area contributed by atoms with Crippen LogP contribution in [0.1, 0.15) is 37.3 Å². The Kier molecular flexibility index (Phi) is 11.9. The van der Waals surface area contributed by atoms with Crippen LogP contribution in [-0.4, -0.2) is 55.2 Å². The van der Waals surface area contributed by atoms with Crippen LogP contribution in [0.25, 0.3) is 10.8 Å². The zero-order valence-corrected chi connectivity index (χ0v) is 24.3. The average molecular weight is 598 g/mol. The molecule has 0 saturated carbocycles. The third-order valence-electron chi connectivity index (χ3n) is 6.58. The van der Waals surface area contributed by atoms with E-state index in [0.29, 0.717) is 30.5 Å². The third-order valence-corrected chi connectivity index (χ3v) is 7.96. The van der Waals surface area contributed by atoms with Gasteiger partial charge in [-0.2, -0.15) is 13.1 Å². The van der Waals surface area contributed by atoms with Crippen LogP contribution in [0.4, 0.5) is 0 Å². The first kappa shape index (κ1) is 32.6. The van der Waals surface area contributed by atoms with Crippen LogP contribution in [0, 0.1) is 0 Å². The molecule has 9 N–H and O–H groups in total. The molecule has 226 valence electrons. The van der Waals surface area contributed by atoms with Gasteiger partial charge >= 0.3 is 0 Å². The number of benzene rings is 3. The van der Waals surface area contributed by atoms with E-state index >= 15 is 0 Å². The number of hydrogen-bond donors (Lipinski definition) is 6. The Morgan fingerprint density at radius 3 is 2.17 bits per heavy atom. The summed E-state index contributed by atoms with van der Waals surface area (Å²) in [6, 6.07) is 18.4. The number of hydrogen-bond acceptors (Lipinski definition) is 7. The van der Waals surface area contributed by atoms with Gasteiger partial charge in [0, 0.05) is 0 Å². The van der Waals surface area contributed by atoms with Gasteiger partial charge in [-0.3, -0.25) is 19.8 Å². The van der Waals surface area contributed by atoms with E-state index < -0.39 is 46.1 Å². The lowest BCUT2D eigenvalue weighted by atomic mass is 10.0. The lowest BCUT2D eigenvalue weighted by Crippen LogP contribution is -2.59. The van der Waals surface area contributed by atoms with Crippen molar-refractivity contribution < 1.29 is 22.8 Å². The van der Waals surface area contributed by atoms with E-state index in [4.69, 9.17) is 17.2 Å². The molecule has 0 aliphatic rings. The minimum absolute atomic E-state index is 0.0365. The smallest absolute Gasteiger partial charge is 0.297 e. The molecule has 0 bridgehead atoms. The molecule has 0 aliphatic heterocycles. The molecule has 3 aromatic rings. The van der Waals surface area contributed by atoms with Gasteiger partial charge in [0.2, 0.25) is 11.8 Å². The average Bonchev–Trinajstić information content (AvgIpc) is 2.96. The van der Waals surface area contributed by atoms with Crippen LogP contribution in [-0.2, 0) is 37.6 Å². The highest BCUT2D eigenvalue weighted by atomic mass is 32.2. The van der Waals surface area contributed by atoms with Gasteiger partial charge in [0.25, 0.3) is 16.1 Å². The number of hydrazine groups is 1. The number of nitrogens with zero attached hydrogens (tertiary/aromatic N) is 1. The molecule has 3 atom stereocenters. The SMILES string of the molecule is C[C@H](N)C(=O)NN(Cc1ccc2ccccc2c1)S(=O)(=O)N[C@H](Cc1ccccc1)C(=O)N[C@@H](CCCCN)C(N)=O. The first-order valence-electron chi connectivity index (χ1n) is 13.7. The molecule has 12 nitrogen and oxygen atoms in total. The first-order valence-corrected chi connectivity index (χ1v) is 15.1. The Hall–Kier alpha value is -3.88. The van der Waals surface area contributed by atoms with Crippen LogP contribution in [0.15, 0.2) is 72.8 Å². The molecule has 0 fully saturated rings. The first-order chi connectivity index (χ1) is 20.0. The molecule has 0 radical (unpaired) electrons. The van der Waals surface area contributed by atoms with E-state index in [0.717, 1.165) is 15.2 Å². The van der Waals surface area contributed by atoms with Crippen molar-refractivity contribution in [2.45, 2.75) is 57.3 Å². The van der Waals surface area contributed by atoms with Crippen molar-refractivity contribution in [3.63, 3.8) is 0 Å². The maximum Gasteiger partial charge on any atom is 0.297 e. The fourth-order valence-corrected chi connectivity index (χ4v) is 5.45. The molecule has 0 aromatic heterocycles. The second-order valence-corrected chi connectivity index (χ2v) is 11.7. The fourth-order valence-electron chi connectivity index (χ4n) is 4.24. The van der Waals surface area contributed by atoms with Crippen LogP contribution < -0.4 is 32.7 Å². The van der Waals surface area contributed by atoms with E-state index in [1.54, 1.807) is 36.4 Å². The number of nitrogens with one attached hydrogen (secondary N) is 3. The Morgan fingerprint density at radius 1 is 0.857 bits per heavy atom. The zero-order chi connectivity index (χ0) is 30.7. The number of fused-ring (bicyclic) bond motifs is 1. The monoisotopic (exact) mass is 597 g/mol. The van der Waals surface area contributed by atoms with Crippen LogP contribution in [0.3, 0.4) is 0 Å². The summed E-state index contributed by atoms with van der Waals surface area (Å²) in [5.41, 5.74) is 20.4. The number of primary amides is 1. The quantitative estimate of drug-likeness (QED) is 0.102. The normalized spacial score (nSPS) is 13.8. The van der Waals surface area contributed by atoms with Gasteiger partial charge in [0.1, 0.15) is 12.1 Å². The highest BCUT2D eigenvalue weighted by Crippen LogP contribution is 2.18. The Bertz CT molecular complexity index is 1470. The number of carbonyl (C=O) groups is 3. The minimum atomic E-state index is -4.54. The zero-order valence-electron chi connectivity index (χ0n) is 23.5. The van der Waals surface area contributed by atoms with Crippen molar-refractivity contribution in [2.75, 3.05) is 6.54 Å².